The molecule has 3 saturated carbocycles. The summed E-state index contributed by atoms with van der Waals surface area (Å²) in [7, 11) is 0. The van der Waals surface area contributed by atoms with Crippen LogP contribution in [0.2, 0.25) is 0 Å². The van der Waals surface area contributed by atoms with E-state index < -0.39 is 0 Å². The molecule has 2 amide bonds. The van der Waals surface area contributed by atoms with E-state index in [4.69, 9.17) is 4.74 Å². The Labute approximate surface area is 185 Å². The van der Waals surface area contributed by atoms with Gasteiger partial charge in [0, 0.05) is 23.7 Å². The number of carbonyl (C=O) groups excluding carboxylic acids is 2. The van der Waals surface area contributed by atoms with E-state index in [9.17, 15) is 9.59 Å². The van der Waals surface area contributed by atoms with Crippen molar-refractivity contribution in [3.8, 4) is 5.75 Å². The number of ether oxygens (including phenoxy) is 1. The topological polar surface area (TPSA) is 58.6 Å². The number of hydrogen-bond acceptors (Lipinski definition) is 3. The van der Waals surface area contributed by atoms with Gasteiger partial charge in [0.15, 0.2) is 6.61 Å². The summed E-state index contributed by atoms with van der Waals surface area (Å²) in [4.78, 5) is 27.4. The summed E-state index contributed by atoms with van der Waals surface area (Å²) in [6.45, 7) is 4.28. The molecule has 5 heteroatoms. The van der Waals surface area contributed by atoms with Crippen LogP contribution in [0.4, 0.5) is 0 Å². The Morgan fingerprint density at radius 1 is 0.935 bits per heavy atom. The second-order valence-electron chi connectivity index (χ2n) is 10.5. The third kappa shape index (κ3) is 3.96. The molecule has 1 aromatic rings. The molecule has 0 unspecified atom stereocenters. The van der Waals surface area contributed by atoms with E-state index in [-0.39, 0.29) is 30.5 Å². The lowest BCUT2D eigenvalue weighted by Crippen LogP contribution is -2.49. The Balaban J connectivity index is 1.13. The highest BCUT2D eigenvalue weighted by atomic mass is 16.5. The van der Waals surface area contributed by atoms with Gasteiger partial charge in [-0.05, 0) is 107 Å². The summed E-state index contributed by atoms with van der Waals surface area (Å²) in [6, 6.07) is 8.13. The number of likely N-dealkylation sites (tertiary alicyclic amines) is 1. The van der Waals surface area contributed by atoms with Crippen LogP contribution in [0.3, 0.4) is 0 Å². The van der Waals surface area contributed by atoms with Crippen LogP contribution in [0.25, 0.3) is 0 Å². The molecular weight excluding hydrogens is 388 g/mol. The van der Waals surface area contributed by atoms with Gasteiger partial charge in [-0.15, -0.1) is 0 Å². The standard InChI is InChI=1S/C26H36N2O3/c1-16-5-3-6-17(2)28(16)25(29)15-31-20-11-9-18(10-12-20)26(30)27-24-14-19-13-23(24)22-8-4-7-21(19)22/h9-12,16-17,19,21-24H,3-8,13-15H2,1-2H3,(H,27,30)/t16-,17+,19-,21-,22-,23+,24-/m1/s1. The molecule has 1 heterocycles. The normalized spacial score (nSPS) is 36.3. The zero-order valence-corrected chi connectivity index (χ0v) is 18.9. The number of fused-ring (bicyclic) bond motifs is 5. The van der Waals surface area contributed by atoms with Crippen molar-refractivity contribution in [3.63, 3.8) is 0 Å². The second-order valence-corrected chi connectivity index (χ2v) is 10.5. The van der Waals surface area contributed by atoms with Gasteiger partial charge >= 0.3 is 0 Å². The van der Waals surface area contributed by atoms with Crippen molar-refractivity contribution in [2.75, 3.05) is 6.61 Å². The number of nitrogens with one attached hydrogen (secondary N) is 1. The summed E-state index contributed by atoms with van der Waals surface area (Å²) >= 11 is 0. The Kier molecular flexibility index (Phi) is 5.70. The molecular formula is C26H36N2O3. The molecule has 1 saturated heterocycles. The van der Waals surface area contributed by atoms with Gasteiger partial charge in [-0.1, -0.05) is 6.42 Å². The highest BCUT2D eigenvalue weighted by molar-refractivity contribution is 5.94. The predicted molar refractivity (Wildman–Crippen MR) is 120 cm³/mol. The van der Waals surface area contributed by atoms with Gasteiger partial charge < -0.3 is 15.0 Å². The zero-order chi connectivity index (χ0) is 21.5. The molecule has 0 spiro atoms. The molecule has 1 aromatic carbocycles. The fourth-order valence-corrected chi connectivity index (χ4v) is 7.32. The number of carbonyl (C=O) groups is 2. The van der Waals surface area contributed by atoms with Gasteiger partial charge in [-0.25, -0.2) is 0 Å². The number of hydrogen-bond donors (Lipinski definition) is 1. The maximum absolute atomic E-state index is 12.8. The monoisotopic (exact) mass is 424 g/mol. The largest absolute Gasteiger partial charge is 0.484 e. The molecule has 4 aliphatic rings. The molecule has 1 aliphatic heterocycles. The number of nitrogens with zero attached hydrogens (tertiary/aromatic N) is 1. The average molecular weight is 425 g/mol. The highest BCUT2D eigenvalue weighted by Crippen LogP contribution is 2.58. The van der Waals surface area contributed by atoms with E-state index in [2.05, 4.69) is 19.2 Å². The van der Waals surface area contributed by atoms with Gasteiger partial charge in [0.1, 0.15) is 5.75 Å². The fraction of sp³-hybridized carbons (Fsp3) is 0.692. The van der Waals surface area contributed by atoms with Gasteiger partial charge in [0.05, 0.1) is 0 Å². The second kappa shape index (κ2) is 8.48. The van der Waals surface area contributed by atoms with E-state index in [1.165, 1.54) is 32.1 Å². The van der Waals surface area contributed by atoms with Crippen LogP contribution in [0.15, 0.2) is 24.3 Å². The molecule has 31 heavy (non-hydrogen) atoms. The maximum atomic E-state index is 12.8. The summed E-state index contributed by atoms with van der Waals surface area (Å²) < 4.78 is 5.75. The van der Waals surface area contributed by atoms with Crippen molar-refractivity contribution < 1.29 is 14.3 Å². The molecule has 7 atom stereocenters. The van der Waals surface area contributed by atoms with Crippen molar-refractivity contribution in [2.45, 2.75) is 83.3 Å². The smallest absolute Gasteiger partial charge is 0.260 e. The minimum Gasteiger partial charge on any atom is -0.484 e. The number of piperidine rings is 1. The average Bonchev–Trinajstić information content (AvgIpc) is 3.46. The van der Waals surface area contributed by atoms with Crippen LogP contribution in [-0.2, 0) is 4.79 Å². The minimum absolute atomic E-state index is 0.0192. The van der Waals surface area contributed by atoms with Crippen molar-refractivity contribution in [1.29, 1.82) is 0 Å². The summed E-state index contributed by atoms with van der Waals surface area (Å²) in [5.74, 6) is 4.01. The zero-order valence-electron chi connectivity index (χ0n) is 18.9. The molecule has 5 nitrogen and oxygen atoms in total. The van der Waals surface area contributed by atoms with Gasteiger partial charge in [-0.3, -0.25) is 9.59 Å². The first-order valence-corrected chi connectivity index (χ1v) is 12.4. The summed E-state index contributed by atoms with van der Waals surface area (Å²) in [5, 5.41) is 3.32. The van der Waals surface area contributed by atoms with E-state index in [0.29, 0.717) is 23.3 Å². The predicted octanol–water partition coefficient (Wildman–Crippen LogP) is 4.41. The molecule has 168 valence electrons. The first-order chi connectivity index (χ1) is 15.0. The van der Waals surface area contributed by atoms with Crippen LogP contribution in [-0.4, -0.2) is 41.4 Å². The lowest BCUT2D eigenvalue weighted by atomic mass is 9.79. The molecule has 0 aromatic heterocycles. The van der Waals surface area contributed by atoms with Crippen LogP contribution < -0.4 is 10.1 Å². The van der Waals surface area contributed by atoms with Gasteiger partial charge in [0.25, 0.3) is 11.8 Å². The molecule has 3 aliphatic carbocycles. The van der Waals surface area contributed by atoms with E-state index >= 15 is 0 Å². The van der Waals surface area contributed by atoms with Crippen molar-refractivity contribution in [2.24, 2.45) is 23.7 Å². The lowest BCUT2D eigenvalue weighted by Gasteiger charge is -2.38. The van der Waals surface area contributed by atoms with Crippen LogP contribution in [0.1, 0.15) is 75.6 Å². The number of benzene rings is 1. The first-order valence-electron chi connectivity index (χ1n) is 12.4. The Hall–Kier alpha value is -2.04. The lowest BCUT2D eigenvalue weighted by molar-refractivity contribution is -0.139. The number of rotatable bonds is 5. The van der Waals surface area contributed by atoms with Gasteiger partial charge in [0.2, 0.25) is 0 Å². The van der Waals surface area contributed by atoms with Crippen molar-refractivity contribution in [1.82, 2.24) is 10.2 Å². The van der Waals surface area contributed by atoms with Crippen LogP contribution in [0, 0.1) is 23.7 Å². The third-order valence-electron chi connectivity index (χ3n) is 8.71. The maximum Gasteiger partial charge on any atom is 0.260 e. The van der Waals surface area contributed by atoms with Crippen molar-refractivity contribution in [3.05, 3.63) is 29.8 Å². The molecule has 5 rings (SSSR count). The Bertz CT molecular complexity index is 812. The van der Waals surface area contributed by atoms with E-state index in [0.717, 1.165) is 37.0 Å². The van der Waals surface area contributed by atoms with Gasteiger partial charge in [-0.2, -0.15) is 0 Å². The summed E-state index contributed by atoms with van der Waals surface area (Å²) in [6.07, 6.45) is 9.92. The highest BCUT2D eigenvalue weighted by Gasteiger charge is 2.54. The fourth-order valence-electron chi connectivity index (χ4n) is 7.32. The molecule has 1 N–H and O–H groups in total. The van der Waals surface area contributed by atoms with Crippen molar-refractivity contribution >= 4 is 11.8 Å². The van der Waals surface area contributed by atoms with Crippen LogP contribution >= 0.6 is 0 Å². The minimum atomic E-state index is 0.0192. The molecule has 2 bridgehead atoms. The molecule has 0 radical (unpaired) electrons. The third-order valence-corrected chi connectivity index (χ3v) is 8.71. The SMILES string of the molecule is C[C@@H]1CCC[C@H](C)N1C(=O)COc1ccc(C(=O)N[C@@H]2C[C@H]3C[C@H]2[C@@H]2CCC[C@H]32)cc1. The Morgan fingerprint density at radius 3 is 2.35 bits per heavy atom. The quantitative estimate of drug-likeness (QED) is 0.762. The number of amides is 2. The van der Waals surface area contributed by atoms with E-state index in [1.807, 2.05) is 17.0 Å². The summed E-state index contributed by atoms with van der Waals surface area (Å²) in [5.41, 5.74) is 0.669. The van der Waals surface area contributed by atoms with E-state index in [1.54, 1.807) is 12.1 Å². The first kappa shape index (κ1) is 20.8. The Morgan fingerprint density at radius 2 is 1.61 bits per heavy atom. The molecule has 4 fully saturated rings. The van der Waals surface area contributed by atoms with Crippen LogP contribution in [0.5, 0.6) is 5.75 Å².